The summed E-state index contributed by atoms with van der Waals surface area (Å²) in [6.07, 6.45) is 3.45. The molecule has 2 rings (SSSR count). The quantitative estimate of drug-likeness (QED) is 0.796. The molecule has 0 saturated heterocycles. The molecular weight excluding hydrogens is 240 g/mol. The molecule has 1 aliphatic rings. The van der Waals surface area contributed by atoms with Gasteiger partial charge >= 0.3 is 6.03 Å². The predicted molar refractivity (Wildman–Crippen MR) is 75.5 cm³/mol. The highest BCUT2D eigenvalue weighted by atomic mass is 16.5. The van der Waals surface area contributed by atoms with Crippen molar-refractivity contribution < 1.29 is 9.53 Å². The maximum absolute atomic E-state index is 11.5. The Kier molecular flexibility index (Phi) is 4.44. The molecule has 0 bridgehead atoms. The molecule has 1 aromatic rings. The van der Waals surface area contributed by atoms with Gasteiger partial charge in [-0.2, -0.15) is 0 Å². The molecule has 0 spiro atoms. The summed E-state index contributed by atoms with van der Waals surface area (Å²) in [5, 5.41) is 5.60. The number of urea groups is 1. The standard InChI is InChI=1S/C15H20N2O2/c1-3-7-16-15(18)17-11(2)9-12-4-5-14-13(10-12)6-8-19-14/h3-5,10-11H,1,6-9H2,2H3,(H2,16,17,18). The van der Waals surface area contributed by atoms with Gasteiger partial charge in [0, 0.05) is 19.0 Å². The number of amides is 2. The van der Waals surface area contributed by atoms with Gasteiger partial charge in [0.25, 0.3) is 0 Å². The topological polar surface area (TPSA) is 50.4 Å². The van der Waals surface area contributed by atoms with Crippen molar-refractivity contribution in [2.45, 2.75) is 25.8 Å². The summed E-state index contributed by atoms with van der Waals surface area (Å²) in [6.45, 7) is 6.81. The van der Waals surface area contributed by atoms with Gasteiger partial charge in [0.05, 0.1) is 6.61 Å². The van der Waals surface area contributed by atoms with Crippen LogP contribution in [0.2, 0.25) is 0 Å². The van der Waals surface area contributed by atoms with Crippen LogP contribution in [0.15, 0.2) is 30.9 Å². The Labute approximate surface area is 113 Å². The van der Waals surface area contributed by atoms with E-state index in [1.54, 1.807) is 6.08 Å². The van der Waals surface area contributed by atoms with Crippen LogP contribution in [0, 0.1) is 0 Å². The van der Waals surface area contributed by atoms with E-state index < -0.39 is 0 Å². The summed E-state index contributed by atoms with van der Waals surface area (Å²) >= 11 is 0. The van der Waals surface area contributed by atoms with Crippen LogP contribution >= 0.6 is 0 Å². The van der Waals surface area contributed by atoms with E-state index in [1.807, 2.05) is 13.0 Å². The molecule has 0 radical (unpaired) electrons. The highest BCUT2D eigenvalue weighted by molar-refractivity contribution is 5.74. The Morgan fingerprint density at radius 2 is 2.42 bits per heavy atom. The van der Waals surface area contributed by atoms with Crippen LogP contribution in [-0.2, 0) is 12.8 Å². The van der Waals surface area contributed by atoms with E-state index in [2.05, 4.69) is 29.3 Å². The largest absolute Gasteiger partial charge is 0.493 e. The summed E-state index contributed by atoms with van der Waals surface area (Å²) in [5.74, 6) is 0.994. The molecule has 102 valence electrons. The summed E-state index contributed by atoms with van der Waals surface area (Å²) < 4.78 is 5.48. The Hall–Kier alpha value is -1.97. The van der Waals surface area contributed by atoms with E-state index in [9.17, 15) is 4.79 Å². The zero-order chi connectivity index (χ0) is 13.7. The molecular formula is C15H20N2O2. The minimum atomic E-state index is -0.156. The minimum Gasteiger partial charge on any atom is -0.493 e. The third kappa shape index (κ3) is 3.74. The average Bonchev–Trinajstić information content (AvgIpc) is 2.83. The van der Waals surface area contributed by atoms with Crippen LogP contribution in [-0.4, -0.2) is 25.2 Å². The number of fused-ring (bicyclic) bond motifs is 1. The van der Waals surface area contributed by atoms with Crippen LogP contribution < -0.4 is 15.4 Å². The lowest BCUT2D eigenvalue weighted by atomic mass is 10.0. The monoisotopic (exact) mass is 260 g/mol. The van der Waals surface area contributed by atoms with Gasteiger partial charge in [0.2, 0.25) is 0 Å². The molecule has 1 aromatic carbocycles. The fourth-order valence-electron chi connectivity index (χ4n) is 2.21. The van der Waals surface area contributed by atoms with Crippen LogP contribution in [0.5, 0.6) is 5.75 Å². The molecule has 1 atom stereocenters. The second kappa shape index (κ2) is 6.27. The van der Waals surface area contributed by atoms with Crippen LogP contribution in [0.4, 0.5) is 4.79 Å². The molecule has 0 aromatic heterocycles. The van der Waals surface area contributed by atoms with E-state index >= 15 is 0 Å². The van der Waals surface area contributed by atoms with Gasteiger partial charge in [-0.15, -0.1) is 6.58 Å². The zero-order valence-corrected chi connectivity index (χ0v) is 11.2. The van der Waals surface area contributed by atoms with Crippen molar-refractivity contribution in [1.82, 2.24) is 10.6 Å². The van der Waals surface area contributed by atoms with Crippen LogP contribution in [0.1, 0.15) is 18.1 Å². The number of benzene rings is 1. The van der Waals surface area contributed by atoms with Crippen molar-refractivity contribution in [3.63, 3.8) is 0 Å². The van der Waals surface area contributed by atoms with Crippen LogP contribution in [0.25, 0.3) is 0 Å². The molecule has 1 unspecified atom stereocenters. The van der Waals surface area contributed by atoms with Crippen molar-refractivity contribution in [3.05, 3.63) is 42.0 Å². The SMILES string of the molecule is C=CCNC(=O)NC(C)Cc1ccc2c(c1)CCO2. The van der Waals surface area contributed by atoms with Gasteiger partial charge in [-0.3, -0.25) is 0 Å². The number of ether oxygens (including phenoxy) is 1. The molecule has 4 heteroatoms. The Morgan fingerprint density at radius 1 is 1.58 bits per heavy atom. The zero-order valence-electron chi connectivity index (χ0n) is 11.2. The first kappa shape index (κ1) is 13.5. The number of carbonyl (C=O) groups excluding carboxylic acids is 1. The highest BCUT2D eigenvalue weighted by Crippen LogP contribution is 2.26. The van der Waals surface area contributed by atoms with Gasteiger partial charge in [0.15, 0.2) is 0 Å². The number of carbonyl (C=O) groups is 1. The fourth-order valence-corrected chi connectivity index (χ4v) is 2.21. The minimum absolute atomic E-state index is 0.0881. The Morgan fingerprint density at radius 3 is 3.21 bits per heavy atom. The number of nitrogens with one attached hydrogen (secondary N) is 2. The maximum atomic E-state index is 11.5. The molecule has 4 nitrogen and oxygen atoms in total. The molecule has 0 aliphatic carbocycles. The van der Waals surface area contributed by atoms with Gasteiger partial charge in [-0.1, -0.05) is 18.2 Å². The molecule has 0 fully saturated rings. The van der Waals surface area contributed by atoms with Crippen molar-refractivity contribution in [2.75, 3.05) is 13.2 Å². The van der Waals surface area contributed by atoms with Gasteiger partial charge in [0.1, 0.15) is 5.75 Å². The second-order valence-electron chi connectivity index (χ2n) is 4.79. The van der Waals surface area contributed by atoms with E-state index in [0.717, 1.165) is 25.2 Å². The summed E-state index contributed by atoms with van der Waals surface area (Å²) in [4.78, 5) is 11.5. The van der Waals surface area contributed by atoms with E-state index in [0.29, 0.717) is 6.54 Å². The number of hydrogen-bond acceptors (Lipinski definition) is 2. The van der Waals surface area contributed by atoms with Crippen molar-refractivity contribution >= 4 is 6.03 Å². The number of hydrogen-bond donors (Lipinski definition) is 2. The highest BCUT2D eigenvalue weighted by Gasteiger charge is 2.13. The van der Waals surface area contributed by atoms with Crippen molar-refractivity contribution in [2.24, 2.45) is 0 Å². The molecule has 19 heavy (non-hydrogen) atoms. The molecule has 1 heterocycles. The molecule has 0 saturated carbocycles. The molecule has 2 N–H and O–H groups in total. The molecule has 1 aliphatic heterocycles. The number of rotatable bonds is 5. The molecule has 2 amide bonds. The van der Waals surface area contributed by atoms with E-state index in [-0.39, 0.29) is 12.1 Å². The normalized spacial score (nSPS) is 14.2. The van der Waals surface area contributed by atoms with Gasteiger partial charge < -0.3 is 15.4 Å². The first-order valence-corrected chi connectivity index (χ1v) is 6.59. The summed E-state index contributed by atoms with van der Waals surface area (Å²) in [7, 11) is 0. The third-order valence-corrected chi connectivity index (χ3v) is 3.08. The van der Waals surface area contributed by atoms with Crippen LogP contribution in [0.3, 0.4) is 0 Å². The summed E-state index contributed by atoms with van der Waals surface area (Å²) in [5.41, 5.74) is 2.49. The predicted octanol–water partition coefficient (Wildman–Crippen LogP) is 2.04. The van der Waals surface area contributed by atoms with Crippen molar-refractivity contribution in [3.8, 4) is 5.75 Å². The second-order valence-corrected chi connectivity index (χ2v) is 4.79. The smallest absolute Gasteiger partial charge is 0.315 e. The van der Waals surface area contributed by atoms with E-state index in [4.69, 9.17) is 4.74 Å². The fraction of sp³-hybridized carbons (Fsp3) is 0.400. The lowest BCUT2D eigenvalue weighted by Crippen LogP contribution is -2.41. The maximum Gasteiger partial charge on any atom is 0.315 e. The summed E-state index contributed by atoms with van der Waals surface area (Å²) in [6, 6.07) is 6.18. The Bertz CT molecular complexity index is 471. The first-order valence-electron chi connectivity index (χ1n) is 6.59. The van der Waals surface area contributed by atoms with Crippen molar-refractivity contribution in [1.29, 1.82) is 0 Å². The first-order chi connectivity index (χ1) is 9.19. The van der Waals surface area contributed by atoms with E-state index in [1.165, 1.54) is 11.1 Å². The third-order valence-electron chi connectivity index (χ3n) is 3.08. The average molecular weight is 260 g/mol. The van der Waals surface area contributed by atoms with Gasteiger partial charge in [-0.05, 0) is 30.5 Å². The lowest BCUT2D eigenvalue weighted by Gasteiger charge is -2.14. The van der Waals surface area contributed by atoms with Gasteiger partial charge in [-0.25, -0.2) is 4.79 Å². The lowest BCUT2D eigenvalue weighted by molar-refractivity contribution is 0.239. The Balaban J connectivity index is 1.86.